The Labute approximate surface area is 91.3 Å². The Morgan fingerprint density at radius 3 is 2.67 bits per heavy atom. The first kappa shape index (κ1) is 11.8. The second kappa shape index (κ2) is 5.54. The van der Waals surface area contributed by atoms with Crippen molar-refractivity contribution < 1.29 is 9.53 Å². The Bertz CT molecular complexity index is 331. The zero-order chi connectivity index (χ0) is 11.3. The molecule has 0 aromatic heterocycles. The molecule has 15 heavy (non-hydrogen) atoms. The number of hydrogen-bond acceptors (Lipinski definition) is 2. The largest absolute Gasteiger partial charge is 0.463 e. The summed E-state index contributed by atoms with van der Waals surface area (Å²) in [7, 11) is 0. The molecule has 0 bridgehead atoms. The monoisotopic (exact) mass is 206 g/mol. The minimum Gasteiger partial charge on any atom is -0.463 e. The van der Waals surface area contributed by atoms with Gasteiger partial charge in [-0.05, 0) is 37.8 Å². The van der Waals surface area contributed by atoms with Gasteiger partial charge in [0, 0.05) is 6.92 Å². The van der Waals surface area contributed by atoms with Crippen molar-refractivity contribution in [2.45, 2.75) is 39.7 Å². The second-order valence-corrected chi connectivity index (χ2v) is 3.89. The van der Waals surface area contributed by atoms with Gasteiger partial charge in [0.1, 0.15) is 0 Å². The maximum absolute atomic E-state index is 10.7. The van der Waals surface area contributed by atoms with E-state index >= 15 is 0 Å². The van der Waals surface area contributed by atoms with Gasteiger partial charge in [-0.1, -0.05) is 24.3 Å². The minimum absolute atomic E-state index is 0.00195. The molecule has 82 valence electrons. The van der Waals surface area contributed by atoms with Gasteiger partial charge >= 0.3 is 5.97 Å². The molecule has 1 aromatic rings. The van der Waals surface area contributed by atoms with Crippen LogP contribution in [-0.4, -0.2) is 12.1 Å². The molecule has 1 rings (SSSR count). The molecule has 0 aliphatic rings. The van der Waals surface area contributed by atoms with Gasteiger partial charge in [-0.25, -0.2) is 0 Å². The molecule has 0 amide bonds. The molecule has 0 heterocycles. The highest BCUT2D eigenvalue weighted by atomic mass is 16.5. The van der Waals surface area contributed by atoms with Crippen LogP contribution in [0.15, 0.2) is 24.3 Å². The SMILES string of the molecule is CC(=O)OC(C)CCc1ccccc1C. The first-order valence-corrected chi connectivity index (χ1v) is 5.31. The zero-order valence-corrected chi connectivity index (χ0v) is 9.62. The van der Waals surface area contributed by atoms with E-state index in [2.05, 4.69) is 19.1 Å². The number of carbonyl (C=O) groups excluding carboxylic acids is 1. The molecule has 2 heteroatoms. The van der Waals surface area contributed by atoms with Gasteiger partial charge in [0.05, 0.1) is 6.10 Å². The Morgan fingerprint density at radius 2 is 2.07 bits per heavy atom. The number of ether oxygens (including phenoxy) is 1. The first-order chi connectivity index (χ1) is 7.09. The molecule has 0 aliphatic carbocycles. The number of esters is 1. The molecular weight excluding hydrogens is 188 g/mol. The number of carbonyl (C=O) groups is 1. The van der Waals surface area contributed by atoms with Crippen molar-refractivity contribution >= 4 is 5.97 Å². The van der Waals surface area contributed by atoms with E-state index in [-0.39, 0.29) is 12.1 Å². The Balaban J connectivity index is 2.43. The van der Waals surface area contributed by atoms with Gasteiger partial charge in [0.15, 0.2) is 0 Å². The van der Waals surface area contributed by atoms with E-state index in [9.17, 15) is 4.79 Å². The van der Waals surface area contributed by atoms with Crippen molar-refractivity contribution in [3.8, 4) is 0 Å². The summed E-state index contributed by atoms with van der Waals surface area (Å²) in [5.74, 6) is -0.202. The van der Waals surface area contributed by atoms with Crippen LogP contribution in [0.2, 0.25) is 0 Å². The summed E-state index contributed by atoms with van der Waals surface area (Å²) in [6.07, 6.45) is 1.84. The third-order valence-corrected chi connectivity index (χ3v) is 2.45. The Morgan fingerprint density at radius 1 is 1.40 bits per heavy atom. The average Bonchev–Trinajstić information content (AvgIpc) is 2.15. The van der Waals surface area contributed by atoms with E-state index in [1.165, 1.54) is 18.1 Å². The lowest BCUT2D eigenvalue weighted by molar-refractivity contribution is -0.145. The van der Waals surface area contributed by atoms with Gasteiger partial charge in [-0.15, -0.1) is 0 Å². The molecular formula is C13H18O2. The number of rotatable bonds is 4. The standard InChI is InChI=1S/C13H18O2/c1-10-6-4-5-7-13(10)9-8-11(2)15-12(3)14/h4-7,11H,8-9H2,1-3H3. The summed E-state index contributed by atoms with van der Waals surface area (Å²) in [6.45, 7) is 5.48. The van der Waals surface area contributed by atoms with Gasteiger partial charge in [0.2, 0.25) is 0 Å². The molecule has 0 fully saturated rings. The van der Waals surface area contributed by atoms with Gasteiger partial charge in [-0.2, -0.15) is 0 Å². The summed E-state index contributed by atoms with van der Waals surface area (Å²) in [5.41, 5.74) is 2.63. The van der Waals surface area contributed by atoms with Crippen molar-refractivity contribution in [2.75, 3.05) is 0 Å². The fourth-order valence-corrected chi connectivity index (χ4v) is 1.59. The minimum atomic E-state index is -0.202. The molecule has 1 atom stereocenters. The fourth-order valence-electron chi connectivity index (χ4n) is 1.59. The predicted octanol–water partition coefficient (Wildman–Crippen LogP) is 2.88. The summed E-state index contributed by atoms with van der Waals surface area (Å²) in [4.78, 5) is 10.7. The van der Waals surface area contributed by atoms with Crippen LogP contribution >= 0.6 is 0 Å². The number of aryl methyl sites for hydroxylation is 2. The topological polar surface area (TPSA) is 26.3 Å². The smallest absolute Gasteiger partial charge is 0.302 e. The van der Waals surface area contributed by atoms with E-state index in [1.54, 1.807) is 0 Å². The quantitative estimate of drug-likeness (QED) is 0.708. The van der Waals surface area contributed by atoms with Crippen LogP contribution in [0.1, 0.15) is 31.4 Å². The molecule has 0 N–H and O–H groups in total. The lowest BCUT2D eigenvalue weighted by atomic mass is 10.0. The molecule has 0 spiro atoms. The van der Waals surface area contributed by atoms with Crippen molar-refractivity contribution in [3.63, 3.8) is 0 Å². The van der Waals surface area contributed by atoms with E-state index in [4.69, 9.17) is 4.74 Å². The summed E-state index contributed by atoms with van der Waals surface area (Å²) in [5, 5.41) is 0. The van der Waals surface area contributed by atoms with E-state index in [0.717, 1.165) is 12.8 Å². The highest BCUT2D eigenvalue weighted by Gasteiger charge is 2.06. The first-order valence-electron chi connectivity index (χ1n) is 5.31. The Kier molecular flexibility index (Phi) is 4.35. The van der Waals surface area contributed by atoms with E-state index in [1.807, 2.05) is 19.1 Å². The highest BCUT2D eigenvalue weighted by molar-refractivity contribution is 5.66. The number of hydrogen-bond donors (Lipinski definition) is 0. The zero-order valence-electron chi connectivity index (χ0n) is 9.62. The van der Waals surface area contributed by atoms with Crippen LogP contribution in [-0.2, 0) is 16.0 Å². The molecule has 0 saturated carbocycles. The average molecular weight is 206 g/mol. The molecule has 0 saturated heterocycles. The second-order valence-electron chi connectivity index (χ2n) is 3.89. The van der Waals surface area contributed by atoms with Crippen LogP contribution in [0.3, 0.4) is 0 Å². The molecule has 1 unspecified atom stereocenters. The summed E-state index contributed by atoms with van der Waals surface area (Å²) in [6, 6.07) is 8.30. The summed E-state index contributed by atoms with van der Waals surface area (Å²) < 4.78 is 5.07. The molecule has 0 aliphatic heterocycles. The van der Waals surface area contributed by atoms with E-state index in [0.29, 0.717) is 0 Å². The van der Waals surface area contributed by atoms with Crippen LogP contribution < -0.4 is 0 Å². The fraction of sp³-hybridized carbons (Fsp3) is 0.462. The molecule has 0 radical (unpaired) electrons. The van der Waals surface area contributed by atoms with Crippen molar-refractivity contribution in [1.29, 1.82) is 0 Å². The normalized spacial score (nSPS) is 12.2. The summed E-state index contributed by atoms with van der Waals surface area (Å²) >= 11 is 0. The Hall–Kier alpha value is -1.31. The van der Waals surface area contributed by atoms with Crippen molar-refractivity contribution in [2.24, 2.45) is 0 Å². The maximum atomic E-state index is 10.7. The van der Waals surface area contributed by atoms with Gasteiger partial charge in [0.25, 0.3) is 0 Å². The van der Waals surface area contributed by atoms with Crippen LogP contribution in [0.25, 0.3) is 0 Å². The van der Waals surface area contributed by atoms with Gasteiger partial charge < -0.3 is 4.74 Å². The van der Waals surface area contributed by atoms with Crippen molar-refractivity contribution in [1.82, 2.24) is 0 Å². The maximum Gasteiger partial charge on any atom is 0.302 e. The lowest BCUT2D eigenvalue weighted by Gasteiger charge is -2.12. The van der Waals surface area contributed by atoms with E-state index < -0.39 is 0 Å². The van der Waals surface area contributed by atoms with Crippen LogP contribution in [0, 0.1) is 6.92 Å². The van der Waals surface area contributed by atoms with Crippen LogP contribution in [0.4, 0.5) is 0 Å². The third kappa shape index (κ3) is 4.15. The van der Waals surface area contributed by atoms with Crippen molar-refractivity contribution in [3.05, 3.63) is 35.4 Å². The third-order valence-electron chi connectivity index (χ3n) is 2.45. The van der Waals surface area contributed by atoms with Crippen LogP contribution in [0.5, 0.6) is 0 Å². The molecule has 2 nitrogen and oxygen atoms in total. The number of benzene rings is 1. The molecule has 1 aromatic carbocycles. The predicted molar refractivity (Wildman–Crippen MR) is 60.7 cm³/mol. The highest BCUT2D eigenvalue weighted by Crippen LogP contribution is 2.11. The lowest BCUT2D eigenvalue weighted by Crippen LogP contribution is -2.13. The van der Waals surface area contributed by atoms with Gasteiger partial charge in [-0.3, -0.25) is 4.79 Å².